The quantitative estimate of drug-likeness (QED) is 0.145. The van der Waals surface area contributed by atoms with E-state index in [1.807, 2.05) is 93.6 Å². The smallest absolute Gasteiger partial charge is 0.410 e. The number of carboxylic acids is 1. The molecule has 4 unspecified atom stereocenters. The van der Waals surface area contributed by atoms with Crippen LogP contribution in [0.15, 0.2) is 79.0 Å². The van der Waals surface area contributed by atoms with Gasteiger partial charge in [-0.25, -0.2) is 9.59 Å². The Hall–Kier alpha value is -5.50. The Morgan fingerprint density at radius 2 is 1.50 bits per heavy atom. The van der Waals surface area contributed by atoms with E-state index in [-0.39, 0.29) is 25.9 Å². The van der Waals surface area contributed by atoms with Crippen molar-refractivity contribution in [1.29, 1.82) is 0 Å². The van der Waals surface area contributed by atoms with Gasteiger partial charge < -0.3 is 35.6 Å². The van der Waals surface area contributed by atoms with Crippen molar-refractivity contribution in [2.45, 2.75) is 77.2 Å². The molecule has 2 aromatic carbocycles. The number of alkyl carbamates (subject to hydrolysis) is 1. The lowest BCUT2D eigenvalue weighted by molar-refractivity contribution is -0.140. The number of carboxylic acid groups (broad SMARTS) is 1. The summed E-state index contributed by atoms with van der Waals surface area (Å²) in [5, 5.41) is 28.1. The number of nitrogens with one attached hydrogen (secondary N) is 3. The van der Waals surface area contributed by atoms with Crippen LogP contribution in [0.1, 0.15) is 51.7 Å². The molecule has 52 heavy (non-hydrogen) atoms. The van der Waals surface area contributed by atoms with Crippen molar-refractivity contribution in [3.8, 4) is 11.3 Å². The minimum Gasteiger partial charge on any atom is -0.481 e. The average Bonchev–Trinajstić information content (AvgIpc) is 3.12. The Morgan fingerprint density at radius 1 is 0.846 bits per heavy atom. The number of rotatable bonds is 16. The first-order valence-corrected chi connectivity index (χ1v) is 16.8. The van der Waals surface area contributed by atoms with Gasteiger partial charge in [0.05, 0.1) is 39.0 Å². The van der Waals surface area contributed by atoms with Gasteiger partial charge in [-0.1, -0.05) is 81.4 Å². The number of hydrogen-bond acceptors (Lipinski definition) is 9. The Balaban J connectivity index is 1.91. The minimum atomic E-state index is -1.46. The van der Waals surface area contributed by atoms with E-state index in [9.17, 15) is 34.2 Å². The molecular weight excluding hydrogens is 670 g/mol. The van der Waals surface area contributed by atoms with Crippen molar-refractivity contribution < 1.29 is 43.7 Å². The van der Waals surface area contributed by atoms with E-state index < -0.39 is 65.5 Å². The van der Waals surface area contributed by atoms with E-state index in [1.54, 1.807) is 13.1 Å². The fourth-order valence-corrected chi connectivity index (χ4v) is 5.64. The zero-order valence-electron chi connectivity index (χ0n) is 30.4. The van der Waals surface area contributed by atoms with E-state index in [4.69, 9.17) is 4.74 Å². The molecule has 0 radical (unpaired) electrons. The molecule has 0 aliphatic rings. The minimum absolute atomic E-state index is 0.0425. The second-order valence-electron chi connectivity index (χ2n) is 13.6. The number of ether oxygens (including phenoxy) is 2. The number of methoxy groups -OCH3 is 2. The van der Waals surface area contributed by atoms with Gasteiger partial charge in [0.15, 0.2) is 0 Å². The predicted octanol–water partition coefficient (Wildman–Crippen LogP) is 3.92. The lowest BCUT2D eigenvalue weighted by Crippen LogP contribution is -2.66. The molecule has 1 aromatic heterocycles. The summed E-state index contributed by atoms with van der Waals surface area (Å²) in [6.45, 7) is 6.98. The molecule has 4 atom stereocenters. The molecule has 0 aliphatic carbocycles. The van der Waals surface area contributed by atoms with Gasteiger partial charge in [-0.05, 0) is 48.4 Å². The number of aromatic nitrogens is 1. The summed E-state index contributed by atoms with van der Waals surface area (Å²) in [7, 11) is 2.33. The van der Waals surface area contributed by atoms with Crippen molar-refractivity contribution in [3.05, 3.63) is 90.1 Å². The molecule has 0 saturated heterocycles. The monoisotopic (exact) mass is 719 g/mol. The maximum atomic E-state index is 14.5. The lowest BCUT2D eigenvalue weighted by atomic mass is 9.72. The van der Waals surface area contributed by atoms with E-state index in [0.29, 0.717) is 0 Å². The molecule has 0 saturated carbocycles. The molecule has 0 spiro atoms. The number of aliphatic hydroxyl groups excluding tert-OH is 1. The summed E-state index contributed by atoms with van der Waals surface area (Å²) in [5.74, 6) is -2.66. The topological polar surface area (TPSA) is 196 Å². The molecule has 1 heterocycles. The van der Waals surface area contributed by atoms with Gasteiger partial charge in [-0.3, -0.25) is 24.3 Å². The normalized spacial score (nSPS) is 14.1. The number of aliphatic hydroxyl groups is 1. The number of aliphatic carboxylic acids is 1. The number of pyridine rings is 1. The predicted molar refractivity (Wildman–Crippen MR) is 193 cm³/mol. The zero-order chi connectivity index (χ0) is 38.5. The molecule has 14 heteroatoms. The number of carbonyl (C=O) groups is 5. The highest BCUT2D eigenvalue weighted by molar-refractivity contribution is 5.91. The highest BCUT2D eigenvalue weighted by atomic mass is 16.5. The van der Waals surface area contributed by atoms with Gasteiger partial charge in [-0.2, -0.15) is 0 Å². The SMILES string of the molecule is COC(=O)NC(CC(=O)O)C(=O)NCC(O)CC(Cc1ccc(-c2ccccn2)cc1)NC(=O)C(C)(N(Cc1ccccc1)C(=O)OC)C(C)(C)C. The first-order chi connectivity index (χ1) is 24.6. The molecule has 14 nitrogen and oxygen atoms in total. The summed E-state index contributed by atoms with van der Waals surface area (Å²) < 4.78 is 9.66. The Labute approximate surface area is 303 Å². The lowest BCUT2D eigenvalue weighted by Gasteiger charge is -2.48. The average molecular weight is 720 g/mol. The highest BCUT2D eigenvalue weighted by Crippen LogP contribution is 2.38. The van der Waals surface area contributed by atoms with Gasteiger partial charge in [0, 0.05) is 24.3 Å². The Bertz CT molecular complexity index is 1650. The third-order valence-corrected chi connectivity index (χ3v) is 8.99. The number of carbonyl (C=O) groups excluding carboxylic acids is 4. The fraction of sp³-hybridized carbons (Fsp3) is 0.421. The Morgan fingerprint density at radius 3 is 2.06 bits per heavy atom. The third-order valence-electron chi connectivity index (χ3n) is 8.99. The molecule has 0 bridgehead atoms. The molecule has 0 aliphatic heterocycles. The number of nitrogens with zero attached hydrogens (tertiary/aromatic N) is 2. The van der Waals surface area contributed by atoms with Crippen molar-refractivity contribution >= 4 is 30.0 Å². The summed E-state index contributed by atoms with van der Waals surface area (Å²) in [6, 6.07) is 20.3. The van der Waals surface area contributed by atoms with Gasteiger partial charge in [-0.15, -0.1) is 0 Å². The van der Waals surface area contributed by atoms with E-state index in [0.717, 1.165) is 29.5 Å². The molecule has 280 valence electrons. The van der Waals surface area contributed by atoms with E-state index in [2.05, 4.69) is 25.7 Å². The van der Waals surface area contributed by atoms with Gasteiger partial charge in [0.1, 0.15) is 11.6 Å². The van der Waals surface area contributed by atoms with Crippen LogP contribution in [0.3, 0.4) is 0 Å². The maximum Gasteiger partial charge on any atom is 0.410 e. The zero-order valence-corrected chi connectivity index (χ0v) is 30.4. The van der Waals surface area contributed by atoms with Crippen LogP contribution in [0.4, 0.5) is 9.59 Å². The summed E-state index contributed by atoms with van der Waals surface area (Å²) >= 11 is 0. The largest absolute Gasteiger partial charge is 0.481 e. The number of amides is 4. The molecule has 3 aromatic rings. The second kappa shape index (κ2) is 18.7. The van der Waals surface area contributed by atoms with Crippen LogP contribution < -0.4 is 16.0 Å². The number of hydrogen-bond donors (Lipinski definition) is 5. The second-order valence-corrected chi connectivity index (χ2v) is 13.6. The molecule has 0 fully saturated rings. The van der Waals surface area contributed by atoms with Crippen molar-refractivity contribution in [2.75, 3.05) is 20.8 Å². The standard InChI is InChI=1S/C38H49N5O9/c1-37(2,3)38(4,43(36(50)52-6)24-26-12-8-7-9-13-26)34(48)41-28(20-25-15-17-27(18-16-25)30-14-10-11-19-39-30)21-29(44)23-40-33(47)31(22-32(45)46)42-35(49)51-5/h7-19,28-29,31,44H,20-24H2,1-6H3,(H,40,47)(H,41,48)(H,42,49)(H,45,46). The van der Waals surface area contributed by atoms with Crippen LogP contribution in [0.5, 0.6) is 0 Å². The first-order valence-electron chi connectivity index (χ1n) is 16.8. The van der Waals surface area contributed by atoms with Crippen LogP contribution in [-0.2, 0) is 36.8 Å². The summed E-state index contributed by atoms with van der Waals surface area (Å²) in [5.41, 5.74) is 1.02. The van der Waals surface area contributed by atoms with E-state index >= 15 is 0 Å². The van der Waals surface area contributed by atoms with Crippen LogP contribution in [-0.4, -0.2) is 94.6 Å². The maximum absolute atomic E-state index is 14.5. The van der Waals surface area contributed by atoms with Crippen LogP contribution in [0, 0.1) is 5.41 Å². The summed E-state index contributed by atoms with van der Waals surface area (Å²) in [6.07, 6.45) is -1.69. The number of benzene rings is 2. The van der Waals surface area contributed by atoms with Gasteiger partial charge in [0.2, 0.25) is 11.8 Å². The van der Waals surface area contributed by atoms with Crippen LogP contribution in [0.2, 0.25) is 0 Å². The van der Waals surface area contributed by atoms with Crippen LogP contribution >= 0.6 is 0 Å². The molecular formula is C38H49N5O9. The summed E-state index contributed by atoms with van der Waals surface area (Å²) in [4.78, 5) is 69.5. The van der Waals surface area contributed by atoms with Gasteiger partial charge in [0.25, 0.3) is 0 Å². The fourth-order valence-electron chi connectivity index (χ4n) is 5.64. The van der Waals surface area contributed by atoms with Crippen molar-refractivity contribution in [1.82, 2.24) is 25.8 Å². The van der Waals surface area contributed by atoms with Crippen molar-refractivity contribution in [3.63, 3.8) is 0 Å². The molecule has 5 N–H and O–H groups in total. The van der Waals surface area contributed by atoms with E-state index in [1.165, 1.54) is 12.0 Å². The van der Waals surface area contributed by atoms with Crippen molar-refractivity contribution in [2.24, 2.45) is 5.41 Å². The Kier molecular flexibility index (Phi) is 14.7. The third kappa shape index (κ3) is 11.3. The first kappa shape index (κ1) is 40.9. The van der Waals surface area contributed by atoms with Crippen LogP contribution in [0.25, 0.3) is 11.3 Å². The highest BCUT2D eigenvalue weighted by Gasteiger charge is 2.52. The van der Waals surface area contributed by atoms with Gasteiger partial charge >= 0.3 is 18.2 Å². The molecule has 4 amide bonds. The molecule has 3 rings (SSSR count).